The van der Waals surface area contributed by atoms with Crippen molar-refractivity contribution < 1.29 is 4.74 Å². The molecule has 2 fully saturated rings. The summed E-state index contributed by atoms with van der Waals surface area (Å²) in [5.41, 5.74) is 1.96. The van der Waals surface area contributed by atoms with E-state index in [1.54, 1.807) is 13.3 Å². The Labute approximate surface area is 141 Å². The van der Waals surface area contributed by atoms with Crippen LogP contribution in [0.4, 0.5) is 11.6 Å². The second kappa shape index (κ2) is 5.49. The molecule has 2 aliphatic carbocycles. The summed E-state index contributed by atoms with van der Waals surface area (Å²) < 4.78 is 7.82. The zero-order valence-electron chi connectivity index (χ0n) is 12.5. The predicted molar refractivity (Wildman–Crippen MR) is 86.5 cm³/mol. The number of anilines is 2. The number of aromatic nitrogens is 4. The number of methoxy groups -OCH3 is 1. The summed E-state index contributed by atoms with van der Waals surface area (Å²) in [5.74, 6) is 1.53. The highest BCUT2D eigenvalue weighted by atomic mass is 79.9. The van der Waals surface area contributed by atoms with Crippen LogP contribution in [0, 0.1) is 17.2 Å². The molecule has 1 N–H and O–H groups in total. The molecule has 0 amide bonds. The van der Waals surface area contributed by atoms with E-state index >= 15 is 0 Å². The molecule has 0 radical (unpaired) electrons. The summed E-state index contributed by atoms with van der Waals surface area (Å²) in [5, 5.41) is 16.9. The molecule has 2 aliphatic rings. The van der Waals surface area contributed by atoms with Crippen LogP contribution in [-0.2, 0) is 0 Å². The molecule has 7 nitrogen and oxygen atoms in total. The van der Waals surface area contributed by atoms with Gasteiger partial charge in [-0.3, -0.25) is 4.68 Å². The minimum Gasteiger partial charge on any atom is -0.480 e. The van der Waals surface area contributed by atoms with Gasteiger partial charge in [0.05, 0.1) is 47.2 Å². The van der Waals surface area contributed by atoms with E-state index in [1.165, 1.54) is 0 Å². The van der Waals surface area contributed by atoms with E-state index in [9.17, 15) is 0 Å². The van der Waals surface area contributed by atoms with Gasteiger partial charge in [0.25, 0.3) is 0 Å². The van der Waals surface area contributed by atoms with E-state index in [4.69, 9.17) is 15.1 Å². The largest absolute Gasteiger partial charge is 0.480 e. The summed E-state index contributed by atoms with van der Waals surface area (Å²) in [6.07, 6.45) is 6.81. The van der Waals surface area contributed by atoms with Gasteiger partial charge in [0, 0.05) is 12.1 Å². The van der Waals surface area contributed by atoms with Gasteiger partial charge in [0.2, 0.25) is 11.8 Å². The smallest absolute Gasteiger partial charge is 0.232 e. The van der Waals surface area contributed by atoms with Crippen molar-refractivity contribution in [3.63, 3.8) is 0 Å². The van der Waals surface area contributed by atoms with Crippen molar-refractivity contribution in [1.82, 2.24) is 19.7 Å². The number of nitrogens with one attached hydrogen (secondary N) is 1. The first-order valence-electron chi connectivity index (χ1n) is 7.52. The lowest BCUT2D eigenvalue weighted by Gasteiger charge is -2.06. The fraction of sp³-hybridized carbons (Fsp3) is 0.467. The Morgan fingerprint density at radius 2 is 2.30 bits per heavy atom. The lowest BCUT2D eigenvalue weighted by molar-refractivity contribution is 0.394. The van der Waals surface area contributed by atoms with Gasteiger partial charge in [0.15, 0.2) is 0 Å². The molecule has 0 aliphatic heterocycles. The number of nitrogens with zero attached hydrogens (tertiary/aromatic N) is 5. The first-order valence-corrected chi connectivity index (χ1v) is 8.31. The van der Waals surface area contributed by atoms with E-state index in [-0.39, 0.29) is 12.0 Å². The van der Waals surface area contributed by atoms with E-state index in [1.807, 2.05) is 10.9 Å². The van der Waals surface area contributed by atoms with Gasteiger partial charge in [-0.2, -0.15) is 15.3 Å². The molecule has 2 aromatic heterocycles. The quantitative estimate of drug-likeness (QED) is 0.864. The maximum atomic E-state index is 9.01. The summed E-state index contributed by atoms with van der Waals surface area (Å²) in [7, 11) is 1.57. The lowest BCUT2D eigenvalue weighted by atomic mass is 10.2. The lowest BCUT2D eigenvalue weighted by Crippen LogP contribution is -2.00. The van der Waals surface area contributed by atoms with Crippen LogP contribution in [-0.4, -0.2) is 26.9 Å². The average Bonchev–Trinajstić information content (AvgIpc) is 3.48. The highest BCUT2D eigenvalue weighted by Crippen LogP contribution is 2.47. The van der Waals surface area contributed by atoms with Gasteiger partial charge in [-0.05, 0) is 35.2 Å². The fourth-order valence-corrected chi connectivity index (χ4v) is 2.97. The van der Waals surface area contributed by atoms with Gasteiger partial charge < -0.3 is 10.1 Å². The Bertz CT molecular complexity index is 794. The van der Waals surface area contributed by atoms with Crippen molar-refractivity contribution in [2.75, 3.05) is 12.4 Å². The Kier molecular flexibility index (Phi) is 3.45. The van der Waals surface area contributed by atoms with Gasteiger partial charge in [0.1, 0.15) is 0 Å². The maximum Gasteiger partial charge on any atom is 0.232 e. The third kappa shape index (κ3) is 2.77. The molecule has 118 valence electrons. The van der Waals surface area contributed by atoms with Gasteiger partial charge in [-0.1, -0.05) is 0 Å². The fourth-order valence-electron chi connectivity index (χ4n) is 2.62. The molecule has 0 bridgehead atoms. The molecule has 23 heavy (non-hydrogen) atoms. The van der Waals surface area contributed by atoms with Crippen molar-refractivity contribution in [1.29, 1.82) is 5.26 Å². The van der Waals surface area contributed by atoms with Crippen LogP contribution in [0.5, 0.6) is 5.88 Å². The van der Waals surface area contributed by atoms with Crippen LogP contribution in [0.25, 0.3) is 0 Å². The van der Waals surface area contributed by atoms with Crippen LogP contribution in [0.15, 0.2) is 16.9 Å². The number of nitriles is 1. The molecular weight excluding hydrogens is 360 g/mol. The van der Waals surface area contributed by atoms with Gasteiger partial charge >= 0.3 is 0 Å². The molecule has 2 saturated carbocycles. The Morgan fingerprint density at radius 1 is 1.48 bits per heavy atom. The monoisotopic (exact) mass is 374 g/mol. The van der Waals surface area contributed by atoms with Crippen molar-refractivity contribution in [2.24, 2.45) is 5.92 Å². The second-order valence-corrected chi connectivity index (χ2v) is 6.75. The first kappa shape index (κ1) is 14.5. The first-order chi connectivity index (χ1) is 11.2. The van der Waals surface area contributed by atoms with Crippen LogP contribution in [0.3, 0.4) is 0 Å². The van der Waals surface area contributed by atoms with Crippen molar-refractivity contribution in [3.8, 4) is 11.9 Å². The number of hydrogen-bond acceptors (Lipinski definition) is 6. The minimum atomic E-state index is 0.0822. The highest BCUT2D eigenvalue weighted by Gasteiger charge is 2.41. The summed E-state index contributed by atoms with van der Waals surface area (Å²) >= 11 is 3.34. The molecule has 0 spiro atoms. The SMILES string of the molecule is COc1nc(Nc2cn(C3C[C@H]3C#N)nc2C2CC2)ncc1Br. The Hall–Kier alpha value is -2.14. The van der Waals surface area contributed by atoms with E-state index in [0.717, 1.165) is 30.6 Å². The summed E-state index contributed by atoms with van der Waals surface area (Å²) in [6.45, 7) is 0. The van der Waals surface area contributed by atoms with Crippen LogP contribution in [0.1, 0.15) is 36.9 Å². The number of ether oxygens (including phenoxy) is 1. The normalized spacial score (nSPS) is 22.5. The van der Waals surface area contributed by atoms with Crippen molar-refractivity contribution in [3.05, 3.63) is 22.6 Å². The van der Waals surface area contributed by atoms with Crippen LogP contribution >= 0.6 is 15.9 Å². The standard InChI is InChI=1S/C15H15BrN6O/c1-23-14-10(16)6-18-15(20-14)19-11-7-22(12-4-9(12)5-17)21-13(11)8-2-3-8/h6-9,12H,2-4H2,1H3,(H,18,19,20)/t9-,12?/m0/s1. The van der Waals surface area contributed by atoms with Crippen molar-refractivity contribution >= 4 is 27.6 Å². The van der Waals surface area contributed by atoms with Crippen molar-refractivity contribution in [2.45, 2.75) is 31.2 Å². The molecule has 2 aromatic rings. The number of halogens is 1. The molecule has 0 saturated heterocycles. The van der Waals surface area contributed by atoms with E-state index < -0.39 is 0 Å². The highest BCUT2D eigenvalue weighted by molar-refractivity contribution is 9.10. The average molecular weight is 375 g/mol. The van der Waals surface area contributed by atoms with Crippen LogP contribution in [0.2, 0.25) is 0 Å². The van der Waals surface area contributed by atoms with E-state index in [0.29, 0.717) is 22.2 Å². The number of hydrogen-bond donors (Lipinski definition) is 1. The van der Waals surface area contributed by atoms with Gasteiger partial charge in [-0.25, -0.2) is 4.98 Å². The Morgan fingerprint density at radius 3 is 2.96 bits per heavy atom. The summed E-state index contributed by atoms with van der Waals surface area (Å²) in [6, 6.07) is 2.51. The third-order valence-corrected chi connectivity index (χ3v) is 4.68. The molecule has 1 unspecified atom stereocenters. The minimum absolute atomic E-state index is 0.0822. The third-order valence-electron chi connectivity index (χ3n) is 4.14. The number of rotatable bonds is 5. The predicted octanol–water partition coefficient (Wildman–Crippen LogP) is 3.15. The van der Waals surface area contributed by atoms with E-state index in [2.05, 4.69) is 37.3 Å². The maximum absolute atomic E-state index is 9.01. The molecule has 0 aromatic carbocycles. The zero-order chi connectivity index (χ0) is 16.0. The molecular formula is C15H15BrN6O. The topological polar surface area (TPSA) is 88.6 Å². The zero-order valence-corrected chi connectivity index (χ0v) is 14.1. The Balaban J connectivity index is 1.62. The molecule has 4 rings (SSSR count). The second-order valence-electron chi connectivity index (χ2n) is 5.90. The molecule has 2 heterocycles. The molecule has 8 heteroatoms. The van der Waals surface area contributed by atoms with Gasteiger partial charge in [-0.15, -0.1) is 0 Å². The molecule has 2 atom stereocenters. The summed E-state index contributed by atoms with van der Waals surface area (Å²) in [4.78, 5) is 8.59. The van der Waals surface area contributed by atoms with Crippen LogP contribution < -0.4 is 10.1 Å².